The third kappa shape index (κ3) is 6.51. The van der Waals surface area contributed by atoms with Gasteiger partial charge in [0.2, 0.25) is 15.9 Å². The van der Waals surface area contributed by atoms with Crippen molar-refractivity contribution in [1.29, 1.82) is 0 Å². The first-order chi connectivity index (χ1) is 16.3. The van der Waals surface area contributed by atoms with Crippen molar-refractivity contribution in [3.05, 3.63) is 42.0 Å². The van der Waals surface area contributed by atoms with Crippen molar-refractivity contribution < 1.29 is 37.0 Å². The van der Waals surface area contributed by atoms with E-state index in [-0.39, 0.29) is 29.8 Å². The maximum Gasteiger partial charge on any atom is 0.269 e. The molecule has 1 heterocycles. The molecule has 2 aromatic rings. The van der Waals surface area contributed by atoms with Crippen LogP contribution in [0.2, 0.25) is 0 Å². The molecule has 0 spiro atoms. The zero-order valence-electron chi connectivity index (χ0n) is 18.9. The Morgan fingerprint density at radius 3 is 2.41 bits per heavy atom. The fourth-order valence-corrected chi connectivity index (χ4v) is 4.18. The van der Waals surface area contributed by atoms with Crippen molar-refractivity contribution in [1.82, 2.24) is 15.6 Å². The smallest absolute Gasteiger partial charge is 0.269 e. The highest BCUT2D eigenvalue weighted by molar-refractivity contribution is 7.89. The number of hydrazine groups is 1. The van der Waals surface area contributed by atoms with Crippen LogP contribution in [0.1, 0.15) is 29.6 Å². The van der Waals surface area contributed by atoms with E-state index in [1.807, 2.05) is 0 Å². The predicted molar refractivity (Wildman–Crippen MR) is 122 cm³/mol. The van der Waals surface area contributed by atoms with Crippen LogP contribution in [0.25, 0.3) is 0 Å². The highest BCUT2D eigenvalue weighted by Crippen LogP contribution is 2.32. The Balaban J connectivity index is 1.43. The third-order valence-corrected chi connectivity index (χ3v) is 6.32. The summed E-state index contributed by atoms with van der Waals surface area (Å²) in [4.78, 5) is 24.3. The number of sulfonamides is 1. The average molecular weight is 494 g/mol. The number of ether oxygens (including phenoxy) is 4. The minimum absolute atomic E-state index is 0.00409. The van der Waals surface area contributed by atoms with Gasteiger partial charge in [-0.1, -0.05) is 0 Å². The van der Waals surface area contributed by atoms with Gasteiger partial charge in [0.1, 0.15) is 0 Å². The Morgan fingerprint density at radius 2 is 1.68 bits per heavy atom. The summed E-state index contributed by atoms with van der Waals surface area (Å²) in [6, 6.07) is 8.99. The van der Waals surface area contributed by atoms with E-state index in [1.165, 1.54) is 38.5 Å². The molecule has 1 aliphatic heterocycles. The monoisotopic (exact) mass is 493 g/mol. The number of amides is 2. The second-order valence-electron chi connectivity index (χ2n) is 7.23. The quantitative estimate of drug-likeness (QED) is 0.352. The van der Waals surface area contributed by atoms with Crippen LogP contribution in [0.3, 0.4) is 0 Å². The number of carbonyl (C=O) groups excluding carboxylic acids is 2. The standard InChI is InChI=1S/C22H27N3O8S/c1-30-17-8-6-15(13-19(17)31-2)22(27)25-24-21(26)5-3-10-23-34(28,29)16-7-9-18-20(14-16)33-12-4-11-32-18/h6-9,13-14,23H,3-5,10-12H2,1-2H3,(H,24,26)(H,25,27). The van der Waals surface area contributed by atoms with Crippen LogP contribution in [0.5, 0.6) is 23.0 Å². The second-order valence-corrected chi connectivity index (χ2v) is 9.00. The molecule has 0 fully saturated rings. The van der Waals surface area contributed by atoms with Gasteiger partial charge in [-0.05, 0) is 36.8 Å². The lowest BCUT2D eigenvalue weighted by molar-refractivity contribution is -0.121. The molecule has 184 valence electrons. The largest absolute Gasteiger partial charge is 0.493 e. The maximum absolute atomic E-state index is 12.5. The number of hydrogen-bond acceptors (Lipinski definition) is 8. The molecule has 0 unspecified atom stereocenters. The number of nitrogens with one attached hydrogen (secondary N) is 3. The molecule has 0 radical (unpaired) electrons. The van der Waals surface area contributed by atoms with Crippen LogP contribution in [0.15, 0.2) is 41.3 Å². The fourth-order valence-electron chi connectivity index (χ4n) is 3.09. The van der Waals surface area contributed by atoms with Crippen molar-refractivity contribution in [3.63, 3.8) is 0 Å². The maximum atomic E-state index is 12.5. The van der Waals surface area contributed by atoms with Gasteiger partial charge >= 0.3 is 0 Å². The molecule has 0 saturated heterocycles. The van der Waals surface area contributed by atoms with Crippen LogP contribution in [-0.2, 0) is 14.8 Å². The summed E-state index contributed by atoms with van der Waals surface area (Å²) < 4.78 is 48.8. The van der Waals surface area contributed by atoms with E-state index in [0.29, 0.717) is 42.6 Å². The van der Waals surface area contributed by atoms with E-state index < -0.39 is 21.8 Å². The summed E-state index contributed by atoms with van der Waals surface area (Å²) in [5, 5.41) is 0. The van der Waals surface area contributed by atoms with Crippen LogP contribution < -0.4 is 34.5 Å². The third-order valence-electron chi connectivity index (χ3n) is 4.86. The summed E-state index contributed by atoms with van der Waals surface area (Å²) in [5.74, 6) is 0.723. The molecule has 2 aromatic carbocycles. The Kier molecular flexibility index (Phi) is 8.55. The lowest BCUT2D eigenvalue weighted by Crippen LogP contribution is -2.41. The van der Waals surface area contributed by atoms with Crippen LogP contribution in [0.4, 0.5) is 0 Å². The van der Waals surface area contributed by atoms with Crippen LogP contribution >= 0.6 is 0 Å². The number of rotatable bonds is 9. The number of fused-ring (bicyclic) bond motifs is 1. The highest BCUT2D eigenvalue weighted by atomic mass is 32.2. The number of methoxy groups -OCH3 is 2. The van der Waals surface area contributed by atoms with E-state index >= 15 is 0 Å². The van der Waals surface area contributed by atoms with Gasteiger partial charge < -0.3 is 18.9 Å². The van der Waals surface area contributed by atoms with Crippen molar-refractivity contribution in [3.8, 4) is 23.0 Å². The minimum Gasteiger partial charge on any atom is -0.493 e. The summed E-state index contributed by atoms with van der Waals surface area (Å²) in [7, 11) is -0.856. The molecule has 3 rings (SSSR count). The van der Waals surface area contributed by atoms with E-state index in [4.69, 9.17) is 18.9 Å². The molecular formula is C22H27N3O8S. The van der Waals surface area contributed by atoms with Crippen LogP contribution in [0, 0.1) is 0 Å². The first-order valence-corrected chi connectivity index (χ1v) is 12.0. The first kappa shape index (κ1) is 25.1. The van der Waals surface area contributed by atoms with Gasteiger partial charge in [0, 0.05) is 31.0 Å². The Morgan fingerprint density at radius 1 is 0.941 bits per heavy atom. The van der Waals surface area contributed by atoms with E-state index in [9.17, 15) is 18.0 Å². The zero-order valence-corrected chi connectivity index (χ0v) is 19.7. The molecule has 0 aromatic heterocycles. The average Bonchev–Trinajstić information content (AvgIpc) is 3.09. The molecular weight excluding hydrogens is 466 g/mol. The minimum atomic E-state index is -3.79. The number of carbonyl (C=O) groups is 2. The molecule has 0 bridgehead atoms. The SMILES string of the molecule is COc1ccc(C(=O)NNC(=O)CCCNS(=O)(=O)c2ccc3c(c2)OCCCO3)cc1OC. The molecule has 12 heteroatoms. The second kappa shape index (κ2) is 11.6. The lowest BCUT2D eigenvalue weighted by Gasteiger charge is -2.11. The van der Waals surface area contributed by atoms with Gasteiger partial charge in [-0.15, -0.1) is 0 Å². The van der Waals surface area contributed by atoms with E-state index in [1.54, 1.807) is 12.1 Å². The molecule has 11 nitrogen and oxygen atoms in total. The van der Waals surface area contributed by atoms with Gasteiger partial charge in [-0.25, -0.2) is 13.1 Å². The molecule has 34 heavy (non-hydrogen) atoms. The zero-order chi connectivity index (χ0) is 24.6. The van der Waals surface area contributed by atoms with Crippen LogP contribution in [-0.4, -0.2) is 54.2 Å². The summed E-state index contributed by atoms with van der Waals surface area (Å²) in [6.07, 6.45) is 0.934. The number of hydrogen-bond donors (Lipinski definition) is 3. The summed E-state index contributed by atoms with van der Waals surface area (Å²) >= 11 is 0. The molecule has 3 N–H and O–H groups in total. The molecule has 0 atom stereocenters. The van der Waals surface area contributed by atoms with Gasteiger partial charge in [0.25, 0.3) is 5.91 Å². The Labute approximate surface area is 197 Å². The van der Waals surface area contributed by atoms with Crippen molar-refractivity contribution in [2.75, 3.05) is 34.0 Å². The number of benzene rings is 2. The Hall–Kier alpha value is -3.51. The topological polar surface area (TPSA) is 141 Å². The van der Waals surface area contributed by atoms with E-state index in [0.717, 1.165) is 0 Å². The van der Waals surface area contributed by atoms with Gasteiger partial charge in [0.05, 0.1) is 32.3 Å². The van der Waals surface area contributed by atoms with Crippen molar-refractivity contribution in [2.45, 2.75) is 24.2 Å². The molecule has 2 amide bonds. The first-order valence-electron chi connectivity index (χ1n) is 10.5. The normalized spacial score (nSPS) is 12.9. The summed E-state index contributed by atoms with van der Waals surface area (Å²) in [5.41, 5.74) is 4.87. The highest BCUT2D eigenvalue weighted by Gasteiger charge is 2.19. The Bertz CT molecular complexity index is 1140. The van der Waals surface area contributed by atoms with Gasteiger partial charge in [-0.2, -0.15) is 0 Å². The molecule has 1 aliphatic rings. The summed E-state index contributed by atoms with van der Waals surface area (Å²) in [6.45, 7) is 0.990. The van der Waals surface area contributed by atoms with Gasteiger partial charge in [-0.3, -0.25) is 20.4 Å². The predicted octanol–water partition coefficient (Wildman–Crippen LogP) is 1.38. The van der Waals surface area contributed by atoms with Gasteiger partial charge in [0.15, 0.2) is 23.0 Å². The van der Waals surface area contributed by atoms with Crippen molar-refractivity contribution in [2.24, 2.45) is 0 Å². The van der Waals surface area contributed by atoms with E-state index in [2.05, 4.69) is 15.6 Å². The van der Waals surface area contributed by atoms with Crippen molar-refractivity contribution >= 4 is 21.8 Å². The molecule has 0 aliphatic carbocycles. The molecule has 0 saturated carbocycles. The fraction of sp³-hybridized carbons (Fsp3) is 0.364. The lowest BCUT2D eigenvalue weighted by atomic mass is 10.2.